The van der Waals surface area contributed by atoms with Crippen LogP contribution in [-0.2, 0) is 26.4 Å². The van der Waals surface area contributed by atoms with Gasteiger partial charge in [0.15, 0.2) is 0 Å². The largest absolute Gasteiger partial charge is 0.379 e. The standard InChI is InChI=1S/C37H50ClN3O4Si/c1-40(2)29-12-15-32-34(24-29)46(5,6)35-25-30(41(3)4)13-16-33(35)37(32)31-14-11-27(23-28(31)26-45-37)36(42)39-18-20-44-22-21-43-19-10-8-7-9-17-38/h11-16,23-25H,7-10,17-22,26H2,1-6H3,(H,39,42). The molecule has 1 spiro atoms. The van der Waals surface area contributed by atoms with Crippen molar-refractivity contribution in [3.05, 3.63) is 82.4 Å². The fourth-order valence-corrected chi connectivity index (χ4v) is 10.1. The molecule has 0 saturated heterocycles. The van der Waals surface area contributed by atoms with Gasteiger partial charge in [-0.2, -0.15) is 0 Å². The highest BCUT2D eigenvalue weighted by atomic mass is 35.5. The maximum Gasteiger partial charge on any atom is 0.251 e. The SMILES string of the molecule is CN(C)c1ccc2c(c1)[Si](C)(C)c1cc(N(C)C)ccc1C21OCc2cc(C(=O)NCCOCCOCCCCCCCl)ccc21. The summed E-state index contributed by atoms with van der Waals surface area (Å²) in [5.74, 6) is 0.622. The lowest BCUT2D eigenvalue weighted by Gasteiger charge is -2.45. The van der Waals surface area contributed by atoms with Crippen molar-refractivity contribution in [2.75, 3.05) is 76.8 Å². The molecule has 1 N–H and O–H groups in total. The first-order valence-corrected chi connectivity index (χ1v) is 20.1. The number of halogens is 1. The first-order valence-electron chi connectivity index (χ1n) is 16.5. The molecule has 0 radical (unpaired) electrons. The Morgan fingerprint density at radius 3 is 2.00 bits per heavy atom. The van der Waals surface area contributed by atoms with Gasteiger partial charge in [-0.15, -0.1) is 11.6 Å². The molecular formula is C37H50ClN3O4Si. The molecule has 7 nitrogen and oxygen atoms in total. The lowest BCUT2D eigenvalue weighted by molar-refractivity contribution is 0.0276. The fraction of sp³-hybridized carbons (Fsp3) is 0.486. The van der Waals surface area contributed by atoms with Crippen LogP contribution in [0.1, 0.15) is 58.3 Å². The Bertz CT molecular complexity index is 1460. The molecule has 2 aliphatic rings. The van der Waals surface area contributed by atoms with Gasteiger partial charge in [0.2, 0.25) is 0 Å². The van der Waals surface area contributed by atoms with Crippen LogP contribution in [0.15, 0.2) is 54.6 Å². The average Bonchev–Trinajstić information content (AvgIpc) is 3.43. The highest BCUT2D eigenvalue weighted by Crippen LogP contribution is 2.49. The zero-order valence-electron chi connectivity index (χ0n) is 28.4. The smallest absolute Gasteiger partial charge is 0.251 e. The number of rotatable bonds is 15. The summed E-state index contributed by atoms with van der Waals surface area (Å²) < 4.78 is 18.2. The number of nitrogens with one attached hydrogen (secondary N) is 1. The van der Waals surface area contributed by atoms with Gasteiger partial charge in [0.05, 0.1) is 26.4 Å². The van der Waals surface area contributed by atoms with Crippen LogP contribution in [0.2, 0.25) is 13.1 Å². The molecule has 0 bridgehead atoms. The van der Waals surface area contributed by atoms with Crippen molar-refractivity contribution in [3.8, 4) is 0 Å². The molecule has 9 heteroatoms. The molecule has 2 heterocycles. The van der Waals surface area contributed by atoms with Gasteiger partial charge >= 0.3 is 0 Å². The molecule has 2 aliphatic heterocycles. The number of ether oxygens (including phenoxy) is 3. The Balaban J connectivity index is 1.31. The number of fused-ring (bicyclic) bond motifs is 6. The summed E-state index contributed by atoms with van der Waals surface area (Å²) in [5.41, 5.74) is 6.92. The van der Waals surface area contributed by atoms with Crippen molar-refractivity contribution in [1.82, 2.24) is 5.32 Å². The van der Waals surface area contributed by atoms with Gasteiger partial charge in [-0.05, 0) is 81.9 Å². The summed E-state index contributed by atoms with van der Waals surface area (Å²) in [6.45, 7) is 8.05. The van der Waals surface area contributed by atoms with E-state index in [4.69, 9.17) is 25.8 Å². The number of unbranched alkanes of at least 4 members (excludes halogenated alkanes) is 3. The summed E-state index contributed by atoms with van der Waals surface area (Å²) >= 11 is 5.71. The predicted molar refractivity (Wildman–Crippen MR) is 193 cm³/mol. The first-order chi connectivity index (χ1) is 22.1. The molecule has 0 unspecified atom stereocenters. The highest BCUT2D eigenvalue weighted by molar-refractivity contribution is 7.01. The van der Waals surface area contributed by atoms with Crippen molar-refractivity contribution in [1.29, 1.82) is 0 Å². The van der Waals surface area contributed by atoms with Gasteiger partial charge in [-0.25, -0.2) is 0 Å². The molecule has 3 aromatic rings. The minimum Gasteiger partial charge on any atom is -0.379 e. The van der Waals surface area contributed by atoms with Crippen LogP contribution in [0.4, 0.5) is 11.4 Å². The number of hydrogen-bond donors (Lipinski definition) is 1. The van der Waals surface area contributed by atoms with Crippen LogP contribution in [0.5, 0.6) is 0 Å². The molecule has 248 valence electrons. The number of anilines is 2. The van der Waals surface area contributed by atoms with E-state index in [0.29, 0.717) is 38.5 Å². The molecule has 0 aliphatic carbocycles. The molecule has 0 saturated carbocycles. The van der Waals surface area contributed by atoms with E-state index in [9.17, 15) is 4.79 Å². The third-order valence-electron chi connectivity index (χ3n) is 9.41. The van der Waals surface area contributed by atoms with Crippen molar-refractivity contribution in [2.45, 2.75) is 51.0 Å². The fourth-order valence-electron chi connectivity index (χ4n) is 6.78. The molecule has 0 aromatic heterocycles. The van der Waals surface area contributed by atoms with Crippen molar-refractivity contribution >= 4 is 47.3 Å². The van der Waals surface area contributed by atoms with E-state index in [1.54, 1.807) is 0 Å². The van der Waals surface area contributed by atoms with Crippen molar-refractivity contribution in [2.24, 2.45) is 0 Å². The molecule has 5 rings (SSSR count). The Hall–Kier alpha value is -2.88. The number of carbonyl (C=O) groups excluding carboxylic acids is 1. The van der Waals surface area contributed by atoms with Crippen molar-refractivity contribution in [3.63, 3.8) is 0 Å². The normalized spacial score (nSPS) is 15.3. The van der Waals surface area contributed by atoms with E-state index in [-0.39, 0.29) is 5.91 Å². The minimum absolute atomic E-state index is 0.107. The van der Waals surface area contributed by atoms with Crippen molar-refractivity contribution < 1.29 is 19.0 Å². The van der Waals surface area contributed by atoms with Crippen LogP contribution < -0.4 is 25.5 Å². The van der Waals surface area contributed by atoms with Gasteiger partial charge in [0.1, 0.15) is 13.7 Å². The quantitative estimate of drug-likeness (QED) is 0.135. The molecular weight excluding hydrogens is 614 g/mol. The van der Waals surface area contributed by atoms with Crippen LogP contribution in [-0.4, -0.2) is 81.0 Å². The summed E-state index contributed by atoms with van der Waals surface area (Å²) in [6.07, 6.45) is 4.41. The molecule has 1 amide bonds. The first kappa shape index (κ1) is 34.5. The minimum atomic E-state index is -2.09. The number of alkyl halides is 1. The van der Waals surface area contributed by atoms with E-state index >= 15 is 0 Å². The third kappa shape index (κ3) is 6.87. The van der Waals surface area contributed by atoms with E-state index < -0.39 is 13.7 Å². The van der Waals surface area contributed by atoms with Crippen LogP contribution in [0.25, 0.3) is 0 Å². The highest BCUT2D eigenvalue weighted by Gasteiger charge is 2.53. The lowest BCUT2D eigenvalue weighted by atomic mass is 9.78. The summed E-state index contributed by atoms with van der Waals surface area (Å²) in [5, 5.41) is 5.79. The van der Waals surface area contributed by atoms with Gasteiger partial charge in [-0.1, -0.05) is 44.1 Å². The topological polar surface area (TPSA) is 63.3 Å². The number of amides is 1. The Morgan fingerprint density at radius 2 is 1.39 bits per heavy atom. The number of benzene rings is 3. The number of hydrogen-bond acceptors (Lipinski definition) is 6. The predicted octanol–water partition coefficient (Wildman–Crippen LogP) is 5.34. The van der Waals surface area contributed by atoms with E-state index in [1.165, 1.54) is 32.9 Å². The lowest BCUT2D eigenvalue weighted by Crippen LogP contribution is -2.63. The zero-order valence-corrected chi connectivity index (χ0v) is 30.1. The van der Waals surface area contributed by atoms with Crippen LogP contribution >= 0.6 is 11.6 Å². The Labute approximate surface area is 281 Å². The number of carbonyl (C=O) groups is 1. The Morgan fingerprint density at radius 1 is 0.804 bits per heavy atom. The van der Waals surface area contributed by atoms with Crippen LogP contribution in [0.3, 0.4) is 0 Å². The van der Waals surface area contributed by atoms with Crippen LogP contribution in [0, 0.1) is 0 Å². The van der Waals surface area contributed by atoms with E-state index in [2.05, 4.69) is 98.9 Å². The second-order valence-corrected chi connectivity index (χ2v) is 18.0. The van der Waals surface area contributed by atoms with E-state index in [0.717, 1.165) is 49.3 Å². The summed E-state index contributed by atoms with van der Waals surface area (Å²) in [7, 11) is 6.28. The molecule has 0 fully saturated rings. The second kappa shape index (κ2) is 14.9. The maximum atomic E-state index is 13.1. The van der Waals surface area contributed by atoms with Gasteiger partial charge < -0.3 is 29.3 Å². The van der Waals surface area contributed by atoms with Gasteiger partial charge in [-0.3, -0.25) is 4.79 Å². The summed E-state index contributed by atoms with van der Waals surface area (Å²) in [6, 6.07) is 19.7. The van der Waals surface area contributed by atoms with Gasteiger partial charge in [0.25, 0.3) is 5.91 Å². The molecule has 3 aromatic carbocycles. The third-order valence-corrected chi connectivity index (χ3v) is 13.2. The van der Waals surface area contributed by atoms with Gasteiger partial charge in [0, 0.05) is 64.2 Å². The number of nitrogens with zero attached hydrogens (tertiary/aromatic N) is 2. The summed E-state index contributed by atoms with van der Waals surface area (Å²) in [4.78, 5) is 17.5. The zero-order chi connectivity index (χ0) is 32.9. The Kier molecular flexibility index (Phi) is 11.2. The second-order valence-electron chi connectivity index (χ2n) is 13.3. The molecule has 46 heavy (non-hydrogen) atoms. The monoisotopic (exact) mass is 663 g/mol. The van der Waals surface area contributed by atoms with E-state index in [1.807, 2.05) is 12.1 Å². The maximum absolute atomic E-state index is 13.1. The molecule has 0 atom stereocenters. The average molecular weight is 664 g/mol.